The Morgan fingerprint density at radius 3 is 2.53 bits per heavy atom. The quantitative estimate of drug-likeness (QED) is 0.560. The molecule has 0 bridgehead atoms. The minimum atomic E-state index is -1.08. The molecule has 0 radical (unpaired) electrons. The van der Waals surface area contributed by atoms with Gasteiger partial charge in [0.15, 0.2) is 0 Å². The maximum Gasteiger partial charge on any atom is 0.314 e. The van der Waals surface area contributed by atoms with Gasteiger partial charge in [0.1, 0.15) is 6.10 Å². The van der Waals surface area contributed by atoms with Crippen molar-refractivity contribution in [3.05, 3.63) is 18.1 Å². The first-order valence-corrected chi connectivity index (χ1v) is 5.11. The van der Waals surface area contributed by atoms with Gasteiger partial charge in [-0.3, -0.25) is 0 Å². The predicted octanol–water partition coefficient (Wildman–Crippen LogP) is 2.47. The van der Waals surface area contributed by atoms with E-state index in [0.29, 0.717) is 0 Å². The van der Waals surface area contributed by atoms with Crippen LogP contribution in [-0.4, -0.2) is 16.1 Å². The smallest absolute Gasteiger partial charge is 0.314 e. The van der Waals surface area contributed by atoms with Crippen LogP contribution in [0.4, 0.5) is 8.78 Å². The van der Waals surface area contributed by atoms with Gasteiger partial charge in [-0.05, 0) is 25.7 Å². The zero-order valence-corrected chi connectivity index (χ0v) is 8.25. The first-order valence-electron chi connectivity index (χ1n) is 5.11. The topological polar surface area (TPSA) is 35.0 Å². The molecule has 0 unspecified atom stereocenters. The summed E-state index contributed by atoms with van der Waals surface area (Å²) in [4.78, 5) is 6.29. The molecular formula is C10H12F2N2O. The number of rotatable bonds is 2. The predicted molar refractivity (Wildman–Crippen MR) is 49.4 cm³/mol. The summed E-state index contributed by atoms with van der Waals surface area (Å²) < 4.78 is 30.7. The molecule has 82 valence electrons. The van der Waals surface area contributed by atoms with E-state index in [-0.39, 0.29) is 12.0 Å². The highest BCUT2D eigenvalue weighted by atomic mass is 19.1. The van der Waals surface area contributed by atoms with E-state index in [0.717, 1.165) is 31.7 Å². The minimum Gasteiger partial charge on any atom is -0.474 e. The summed E-state index contributed by atoms with van der Waals surface area (Å²) in [7, 11) is 0. The molecule has 0 amide bonds. The van der Waals surface area contributed by atoms with E-state index in [1.807, 2.05) is 0 Å². The van der Waals surface area contributed by atoms with Gasteiger partial charge in [-0.25, -0.2) is 0 Å². The van der Waals surface area contributed by atoms with Crippen molar-refractivity contribution in [2.75, 3.05) is 0 Å². The van der Waals surface area contributed by atoms with Crippen LogP contribution in [0.2, 0.25) is 0 Å². The van der Waals surface area contributed by atoms with Gasteiger partial charge < -0.3 is 4.74 Å². The van der Waals surface area contributed by atoms with Gasteiger partial charge >= 0.3 is 6.08 Å². The van der Waals surface area contributed by atoms with Gasteiger partial charge in [0.05, 0.1) is 6.07 Å². The van der Waals surface area contributed by atoms with E-state index in [4.69, 9.17) is 4.74 Å². The van der Waals surface area contributed by atoms with E-state index < -0.39 is 12.0 Å². The van der Waals surface area contributed by atoms with Crippen molar-refractivity contribution in [3.63, 3.8) is 0 Å². The number of ether oxygens (including phenoxy) is 1. The first-order chi connectivity index (χ1) is 7.24. The lowest BCUT2D eigenvalue weighted by Gasteiger charge is -2.22. The number of halogens is 2. The molecule has 3 nitrogen and oxygen atoms in total. The average molecular weight is 214 g/mol. The van der Waals surface area contributed by atoms with E-state index >= 15 is 0 Å². The van der Waals surface area contributed by atoms with Gasteiger partial charge in [0, 0.05) is 0 Å². The summed E-state index contributed by atoms with van der Waals surface area (Å²) >= 11 is 0. The molecule has 1 aliphatic carbocycles. The maximum atomic E-state index is 12.7. The van der Waals surface area contributed by atoms with Crippen LogP contribution in [0, 0.1) is 12.0 Å². The fraction of sp³-hybridized carbons (Fsp3) is 0.600. The standard InChI is InChI=1S/C10H12F2N2O/c11-8-6-9(14-10(12)13-8)15-7-4-2-1-3-5-7/h6-7H,1-5H2. The van der Waals surface area contributed by atoms with Crippen molar-refractivity contribution >= 4 is 0 Å². The molecule has 1 aromatic rings. The first kappa shape index (κ1) is 10.3. The molecule has 0 N–H and O–H groups in total. The third kappa shape index (κ3) is 2.84. The molecule has 0 saturated heterocycles. The summed E-state index contributed by atoms with van der Waals surface area (Å²) in [6.07, 6.45) is 4.20. The summed E-state index contributed by atoms with van der Waals surface area (Å²) in [6, 6.07) is 1.01. The van der Waals surface area contributed by atoms with E-state index in [2.05, 4.69) is 9.97 Å². The number of hydrogen-bond acceptors (Lipinski definition) is 3. The number of aromatic nitrogens is 2. The molecule has 5 heteroatoms. The van der Waals surface area contributed by atoms with Crippen LogP contribution in [0.15, 0.2) is 6.07 Å². The SMILES string of the molecule is Fc1cc(OC2CCCCC2)nc(F)n1. The van der Waals surface area contributed by atoms with Gasteiger partial charge in [0.2, 0.25) is 11.8 Å². The fourth-order valence-electron chi connectivity index (χ4n) is 1.78. The second-order valence-corrected chi connectivity index (χ2v) is 3.68. The molecule has 1 saturated carbocycles. The minimum absolute atomic E-state index is 0.00750. The largest absolute Gasteiger partial charge is 0.474 e. The monoisotopic (exact) mass is 214 g/mol. The molecule has 0 spiro atoms. The van der Waals surface area contributed by atoms with Gasteiger partial charge in [-0.15, -0.1) is 0 Å². The lowest BCUT2D eigenvalue weighted by molar-refractivity contribution is 0.145. The zero-order valence-electron chi connectivity index (χ0n) is 8.25. The van der Waals surface area contributed by atoms with Crippen LogP contribution in [0.3, 0.4) is 0 Å². The van der Waals surface area contributed by atoms with Crippen LogP contribution < -0.4 is 4.74 Å². The van der Waals surface area contributed by atoms with Crippen LogP contribution in [0.5, 0.6) is 5.88 Å². The lowest BCUT2D eigenvalue weighted by atomic mass is 9.98. The van der Waals surface area contributed by atoms with Crippen molar-refractivity contribution in [2.45, 2.75) is 38.2 Å². The molecule has 2 rings (SSSR count). The molecule has 1 aromatic heterocycles. The van der Waals surface area contributed by atoms with E-state index in [9.17, 15) is 8.78 Å². The van der Waals surface area contributed by atoms with E-state index in [1.54, 1.807) is 0 Å². The lowest BCUT2D eigenvalue weighted by Crippen LogP contribution is -2.20. The van der Waals surface area contributed by atoms with Crippen LogP contribution >= 0.6 is 0 Å². The Labute approximate surface area is 86.5 Å². The molecule has 1 fully saturated rings. The second-order valence-electron chi connectivity index (χ2n) is 3.68. The Bertz CT molecular complexity index is 320. The van der Waals surface area contributed by atoms with Gasteiger partial charge in [0.25, 0.3) is 0 Å². The molecule has 0 aliphatic heterocycles. The van der Waals surface area contributed by atoms with Crippen molar-refractivity contribution in [3.8, 4) is 5.88 Å². The number of hydrogen-bond donors (Lipinski definition) is 0. The Morgan fingerprint density at radius 2 is 1.87 bits per heavy atom. The van der Waals surface area contributed by atoms with Crippen LogP contribution in [0.1, 0.15) is 32.1 Å². The summed E-state index contributed by atoms with van der Waals surface area (Å²) in [6.45, 7) is 0. The van der Waals surface area contributed by atoms with Crippen molar-refractivity contribution in [1.29, 1.82) is 0 Å². The van der Waals surface area contributed by atoms with Crippen molar-refractivity contribution < 1.29 is 13.5 Å². The third-order valence-electron chi connectivity index (χ3n) is 2.48. The summed E-state index contributed by atoms with van der Waals surface area (Å²) in [5.41, 5.74) is 0. The Kier molecular flexibility index (Phi) is 3.08. The Morgan fingerprint density at radius 1 is 1.13 bits per heavy atom. The van der Waals surface area contributed by atoms with Crippen molar-refractivity contribution in [2.24, 2.45) is 0 Å². The highest BCUT2D eigenvalue weighted by Gasteiger charge is 2.16. The molecular weight excluding hydrogens is 202 g/mol. The highest BCUT2D eigenvalue weighted by Crippen LogP contribution is 2.22. The number of nitrogens with zero attached hydrogens (tertiary/aromatic N) is 2. The second kappa shape index (κ2) is 4.51. The van der Waals surface area contributed by atoms with Gasteiger partial charge in [-0.2, -0.15) is 18.7 Å². The van der Waals surface area contributed by atoms with Gasteiger partial charge in [-0.1, -0.05) is 6.42 Å². The molecule has 1 aliphatic rings. The highest BCUT2D eigenvalue weighted by molar-refractivity contribution is 5.07. The Hall–Kier alpha value is -1.26. The third-order valence-corrected chi connectivity index (χ3v) is 2.48. The summed E-state index contributed by atoms with van der Waals surface area (Å²) in [5.74, 6) is -0.903. The van der Waals surface area contributed by atoms with Crippen LogP contribution in [-0.2, 0) is 0 Å². The van der Waals surface area contributed by atoms with Crippen molar-refractivity contribution in [1.82, 2.24) is 9.97 Å². The Balaban J connectivity index is 2.02. The molecule has 0 aromatic carbocycles. The molecule has 0 atom stereocenters. The average Bonchev–Trinajstić information content (AvgIpc) is 2.17. The molecule has 15 heavy (non-hydrogen) atoms. The zero-order chi connectivity index (χ0) is 10.7. The maximum absolute atomic E-state index is 12.7. The summed E-state index contributed by atoms with van der Waals surface area (Å²) in [5, 5.41) is 0. The normalized spacial score (nSPS) is 17.7. The fourth-order valence-corrected chi connectivity index (χ4v) is 1.78. The van der Waals surface area contributed by atoms with Crippen LogP contribution in [0.25, 0.3) is 0 Å². The van der Waals surface area contributed by atoms with E-state index in [1.165, 1.54) is 6.42 Å². The molecule has 1 heterocycles.